The molecule has 9 heteroatoms. The number of phenols is 1. The van der Waals surface area contributed by atoms with Crippen molar-refractivity contribution in [1.82, 2.24) is 15.2 Å². The first-order chi connectivity index (χ1) is 13.4. The molecule has 0 fully saturated rings. The minimum atomic E-state index is -0.587. The molecule has 0 unspecified atom stereocenters. The Bertz CT molecular complexity index is 1060. The van der Waals surface area contributed by atoms with Gasteiger partial charge in [0.15, 0.2) is 5.69 Å². The number of aryl methyl sites for hydroxylation is 1. The van der Waals surface area contributed by atoms with Crippen molar-refractivity contribution < 1.29 is 14.8 Å². The smallest absolute Gasteiger partial charge is 0.291 e. The van der Waals surface area contributed by atoms with Crippen LogP contribution in [0.5, 0.6) is 5.75 Å². The van der Waals surface area contributed by atoms with Crippen molar-refractivity contribution >= 4 is 17.8 Å². The lowest BCUT2D eigenvalue weighted by Crippen LogP contribution is -2.18. The number of benzene rings is 2. The molecule has 1 amide bonds. The molecule has 9 nitrogen and oxygen atoms in total. The Kier molecular flexibility index (Phi) is 5.45. The van der Waals surface area contributed by atoms with Gasteiger partial charge < -0.3 is 5.11 Å². The average molecular weight is 379 g/mol. The molecule has 1 heterocycles. The topological polar surface area (TPSA) is 123 Å². The highest BCUT2D eigenvalue weighted by molar-refractivity contribution is 5.93. The van der Waals surface area contributed by atoms with E-state index in [1.54, 1.807) is 16.9 Å². The number of nitrogens with zero attached hydrogens (tertiary/aromatic N) is 4. The van der Waals surface area contributed by atoms with Gasteiger partial charge in [0.05, 0.1) is 17.7 Å². The summed E-state index contributed by atoms with van der Waals surface area (Å²) in [7, 11) is 0. The van der Waals surface area contributed by atoms with Crippen LogP contribution in [0.4, 0.5) is 5.69 Å². The number of rotatable bonds is 6. The van der Waals surface area contributed by atoms with Crippen LogP contribution in [0.1, 0.15) is 27.2 Å². The number of hydrogen-bond donors (Lipinski definition) is 2. The highest BCUT2D eigenvalue weighted by atomic mass is 16.6. The van der Waals surface area contributed by atoms with Gasteiger partial charge in [-0.2, -0.15) is 10.2 Å². The maximum Gasteiger partial charge on any atom is 0.291 e. The summed E-state index contributed by atoms with van der Waals surface area (Å²) in [6.07, 6.45) is 2.82. The van der Waals surface area contributed by atoms with Crippen LogP contribution in [0.2, 0.25) is 0 Å². The first-order valence-electron chi connectivity index (χ1n) is 8.32. The van der Waals surface area contributed by atoms with Crippen molar-refractivity contribution in [2.75, 3.05) is 0 Å². The summed E-state index contributed by atoms with van der Waals surface area (Å²) in [5.41, 5.74) is 4.58. The van der Waals surface area contributed by atoms with Gasteiger partial charge in [0.1, 0.15) is 5.75 Å². The molecule has 0 saturated heterocycles. The maximum absolute atomic E-state index is 12.1. The largest absolute Gasteiger partial charge is 0.507 e. The monoisotopic (exact) mass is 379 g/mol. The molecule has 2 aromatic carbocycles. The molecule has 3 aromatic rings. The van der Waals surface area contributed by atoms with Gasteiger partial charge in [-0.25, -0.2) is 5.43 Å². The SMILES string of the molecule is Cc1cccc(Cn2ccc(C(=O)N/N=C\c3cc([N+](=O)[O-])ccc3O)n2)c1. The van der Waals surface area contributed by atoms with Gasteiger partial charge >= 0.3 is 0 Å². The molecule has 3 rings (SSSR count). The molecule has 0 atom stereocenters. The molecule has 2 N–H and O–H groups in total. The van der Waals surface area contributed by atoms with Gasteiger partial charge in [-0.3, -0.25) is 19.6 Å². The number of amides is 1. The highest BCUT2D eigenvalue weighted by Crippen LogP contribution is 2.21. The van der Waals surface area contributed by atoms with E-state index >= 15 is 0 Å². The molecular formula is C19H17N5O4. The molecule has 0 aliphatic rings. The Labute approximate surface area is 160 Å². The minimum Gasteiger partial charge on any atom is -0.507 e. The third-order valence-electron chi connectivity index (χ3n) is 3.89. The summed E-state index contributed by atoms with van der Waals surface area (Å²) >= 11 is 0. The number of phenolic OH excluding ortho intramolecular Hbond substituents is 1. The van der Waals surface area contributed by atoms with E-state index in [2.05, 4.69) is 15.6 Å². The van der Waals surface area contributed by atoms with Crippen molar-refractivity contribution in [2.45, 2.75) is 13.5 Å². The molecule has 0 aliphatic heterocycles. The van der Waals surface area contributed by atoms with Crippen molar-refractivity contribution in [3.63, 3.8) is 0 Å². The Morgan fingerprint density at radius 1 is 1.32 bits per heavy atom. The van der Waals surface area contributed by atoms with Crippen LogP contribution < -0.4 is 5.43 Å². The standard InChI is InChI=1S/C19H17N5O4/c1-13-3-2-4-14(9-13)12-23-8-7-17(22-23)19(26)21-20-11-15-10-16(24(27)28)5-6-18(15)25/h2-11,25H,12H2,1H3,(H,21,26)/b20-11-. The zero-order chi connectivity index (χ0) is 20.1. The van der Waals surface area contributed by atoms with Crippen molar-refractivity contribution in [3.05, 3.63) is 87.2 Å². The van der Waals surface area contributed by atoms with Gasteiger partial charge in [0.25, 0.3) is 11.6 Å². The zero-order valence-electron chi connectivity index (χ0n) is 14.9. The number of aromatic nitrogens is 2. The Morgan fingerprint density at radius 3 is 2.89 bits per heavy atom. The minimum absolute atomic E-state index is 0.111. The Hall–Kier alpha value is -4.01. The van der Waals surface area contributed by atoms with Crippen LogP contribution in [0, 0.1) is 17.0 Å². The number of hydrazone groups is 1. The molecule has 0 radical (unpaired) electrons. The fourth-order valence-electron chi connectivity index (χ4n) is 2.55. The fourth-order valence-corrected chi connectivity index (χ4v) is 2.55. The van der Waals surface area contributed by atoms with E-state index in [1.807, 2.05) is 31.2 Å². The van der Waals surface area contributed by atoms with Gasteiger partial charge in [-0.1, -0.05) is 29.8 Å². The van der Waals surface area contributed by atoms with Crippen LogP contribution in [0.3, 0.4) is 0 Å². The molecule has 0 aliphatic carbocycles. The Balaban J connectivity index is 1.64. The molecule has 0 saturated carbocycles. The van der Waals surface area contributed by atoms with Gasteiger partial charge in [-0.15, -0.1) is 0 Å². The number of carbonyl (C=O) groups is 1. The van der Waals surface area contributed by atoms with E-state index in [0.29, 0.717) is 6.54 Å². The van der Waals surface area contributed by atoms with Crippen molar-refractivity contribution in [1.29, 1.82) is 0 Å². The lowest BCUT2D eigenvalue weighted by atomic mass is 10.1. The van der Waals surface area contributed by atoms with Crippen LogP contribution in [0.15, 0.2) is 59.8 Å². The average Bonchev–Trinajstić information content (AvgIpc) is 3.11. The number of carbonyl (C=O) groups excluding carboxylic acids is 1. The predicted octanol–water partition coefficient (Wildman–Crippen LogP) is 2.62. The van der Waals surface area contributed by atoms with Crippen LogP contribution >= 0.6 is 0 Å². The second-order valence-electron chi connectivity index (χ2n) is 6.09. The lowest BCUT2D eigenvalue weighted by Gasteiger charge is -2.03. The van der Waals surface area contributed by atoms with Gasteiger partial charge in [0.2, 0.25) is 0 Å². The maximum atomic E-state index is 12.1. The van der Waals surface area contributed by atoms with Gasteiger partial charge in [0, 0.05) is 23.9 Å². The highest BCUT2D eigenvalue weighted by Gasteiger charge is 2.11. The van der Waals surface area contributed by atoms with Crippen molar-refractivity contribution in [2.24, 2.45) is 5.10 Å². The second kappa shape index (κ2) is 8.12. The normalized spacial score (nSPS) is 10.9. The van der Waals surface area contributed by atoms with Crippen LogP contribution in [-0.2, 0) is 6.54 Å². The van der Waals surface area contributed by atoms with E-state index in [-0.39, 0.29) is 22.7 Å². The number of nitro groups is 1. The summed E-state index contributed by atoms with van der Waals surface area (Å²) in [5.74, 6) is -0.727. The van der Waals surface area contributed by atoms with E-state index < -0.39 is 10.8 Å². The number of aromatic hydroxyl groups is 1. The third kappa shape index (κ3) is 4.58. The summed E-state index contributed by atoms with van der Waals surface area (Å²) in [6, 6.07) is 13.1. The molecule has 0 bridgehead atoms. The van der Waals surface area contributed by atoms with E-state index in [9.17, 15) is 20.0 Å². The summed E-state index contributed by atoms with van der Waals surface area (Å²) in [6.45, 7) is 2.53. The molecule has 1 aromatic heterocycles. The van der Waals surface area contributed by atoms with E-state index in [1.165, 1.54) is 12.1 Å². The number of hydrogen-bond acceptors (Lipinski definition) is 6. The predicted molar refractivity (Wildman–Crippen MR) is 102 cm³/mol. The fraction of sp³-hybridized carbons (Fsp3) is 0.105. The molecule has 28 heavy (non-hydrogen) atoms. The lowest BCUT2D eigenvalue weighted by molar-refractivity contribution is -0.384. The number of non-ortho nitro benzene ring substituents is 1. The van der Waals surface area contributed by atoms with Crippen LogP contribution in [0.25, 0.3) is 0 Å². The number of nitrogens with one attached hydrogen (secondary N) is 1. The molecule has 142 valence electrons. The third-order valence-corrected chi connectivity index (χ3v) is 3.89. The molecule has 0 spiro atoms. The Morgan fingerprint density at radius 2 is 2.14 bits per heavy atom. The van der Waals surface area contributed by atoms with E-state index in [0.717, 1.165) is 23.4 Å². The first kappa shape index (κ1) is 18.8. The summed E-state index contributed by atoms with van der Waals surface area (Å²) < 4.78 is 1.64. The van der Waals surface area contributed by atoms with Crippen LogP contribution in [-0.4, -0.2) is 31.9 Å². The van der Waals surface area contributed by atoms with Crippen molar-refractivity contribution in [3.8, 4) is 5.75 Å². The van der Waals surface area contributed by atoms with E-state index in [4.69, 9.17) is 0 Å². The zero-order valence-corrected chi connectivity index (χ0v) is 14.9. The molecular weight excluding hydrogens is 362 g/mol. The quantitative estimate of drug-likeness (QED) is 0.387. The second-order valence-corrected chi connectivity index (χ2v) is 6.09. The summed E-state index contributed by atoms with van der Waals surface area (Å²) in [4.78, 5) is 22.3. The number of nitro benzene ring substituents is 1. The van der Waals surface area contributed by atoms with Gasteiger partial charge in [-0.05, 0) is 24.6 Å². The summed E-state index contributed by atoms with van der Waals surface area (Å²) in [5, 5.41) is 28.4. The first-order valence-corrected chi connectivity index (χ1v) is 8.32.